The highest BCUT2D eigenvalue weighted by atomic mass is 32.1. The lowest BCUT2D eigenvalue weighted by Gasteiger charge is -2.19. The minimum Gasteiger partial charge on any atom is -0.321 e. The molecule has 0 bridgehead atoms. The maximum Gasteiger partial charge on any atom is 0.532 e. The van der Waals surface area contributed by atoms with E-state index in [-0.39, 0.29) is 5.69 Å². The molecule has 1 rings (SSSR count). The molecule has 1 aromatic rings. The van der Waals surface area contributed by atoms with Crippen LogP contribution in [0.25, 0.3) is 0 Å². The van der Waals surface area contributed by atoms with Gasteiger partial charge in [-0.3, -0.25) is 9.55 Å². The monoisotopic (exact) mass is 282 g/mol. The van der Waals surface area contributed by atoms with Crippen molar-refractivity contribution in [2.75, 3.05) is 5.75 Å². The topological polar surface area (TPSA) is 108 Å². The molecule has 0 saturated carbocycles. The van der Waals surface area contributed by atoms with Gasteiger partial charge in [0.15, 0.2) is 0 Å². The van der Waals surface area contributed by atoms with Gasteiger partial charge in [0.25, 0.3) is 0 Å². The van der Waals surface area contributed by atoms with Crippen LogP contribution < -0.4 is 0 Å². The van der Waals surface area contributed by atoms with Gasteiger partial charge in [-0.05, 0) is 16.7 Å². The van der Waals surface area contributed by atoms with Crippen LogP contribution in [0.2, 0.25) is 0 Å². The lowest BCUT2D eigenvalue weighted by Crippen LogP contribution is -2.25. The Morgan fingerprint density at radius 2 is 2.12 bits per heavy atom. The second-order valence-electron chi connectivity index (χ2n) is 3.01. The summed E-state index contributed by atoms with van der Waals surface area (Å²) in [5.41, 5.74) is -0.137. The van der Waals surface area contributed by atoms with E-state index in [1.807, 2.05) is 0 Å². The third-order valence-electron chi connectivity index (χ3n) is 2.09. The lowest BCUT2D eigenvalue weighted by molar-refractivity contribution is 0.347. The maximum absolute atomic E-state index is 11.4. The third kappa shape index (κ3) is 2.20. The molecule has 1 heterocycles. The van der Waals surface area contributed by atoms with E-state index in [1.54, 1.807) is 0 Å². The van der Waals surface area contributed by atoms with Gasteiger partial charge in [0.05, 0.1) is 5.75 Å². The Morgan fingerprint density at radius 3 is 2.44 bits per heavy atom. The van der Waals surface area contributed by atoms with Crippen LogP contribution in [0.4, 0.5) is 0 Å². The molecule has 3 N–H and O–H groups in total. The van der Waals surface area contributed by atoms with Gasteiger partial charge < -0.3 is 9.79 Å². The van der Waals surface area contributed by atoms with E-state index >= 15 is 0 Å². The fraction of sp³-hybridized carbons (Fsp3) is 0.286. The Kier molecular flexibility index (Phi) is 4.23. The van der Waals surface area contributed by atoms with Gasteiger partial charge in [0.2, 0.25) is 0 Å². The first kappa shape index (κ1) is 13.8. The number of aromatic nitrogens is 1. The van der Waals surface area contributed by atoms with Crippen molar-refractivity contribution in [1.29, 1.82) is 0 Å². The zero-order valence-electron chi connectivity index (χ0n) is 7.96. The van der Waals surface area contributed by atoms with Gasteiger partial charge in [-0.1, -0.05) is 6.07 Å². The summed E-state index contributed by atoms with van der Waals surface area (Å²) in [6.07, 6.45) is 1.29. The first-order valence-electron chi connectivity index (χ1n) is 4.10. The second kappa shape index (κ2) is 4.92. The molecular formula is C7H10NO5P2S+. The fourth-order valence-electron chi connectivity index (χ4n) is 1.19. The largest absolute Gasteiger partial charge is 0.532 e. The quantitative estimate of drug-likeness (QED) is 0.486. The Hall–Kier alpha value is -0.290. The molecule has 0 spiro atoms. The number of nitrogens with zero attached hydrogens (tertiary/aromatic N) is 1. The number of pyridine rings is 1. The third-order valence-corrected chi connectivity index (χ3v) is 6.73. The summed E-state index contributed by atoms with van der Waals surface area (Å²) >= 11 is 3.77. The minimum atomic E-state index is -4.86. The molecule has 0 aliphatic carbocycles. The van der Waals surface area contributed by atoms with Crippen molar-refractivity contribution in [3.8, 4) is 0 Å². The molecule has 9 heteroatoms. The standard InChI is InChI=1S/C7H9NO5P2S/c9-14(10)7(5-16,15(11,12)13)6-3-1-2-4-8-6/h1-4H,5H2,(H3-,9,10,11,12,13,16)/p+1. The first-order valence-corrected chi connectivity index (χ1v) is 7.56. The average Bonchev–Trinajstić information content (AvgIpc) is 2.18. The Balaban J connectivity index is 3.48. The number of rotatable bonds is 4. The molecule has 0 amide bonds. The smallest absolute Gasteiger partial charge is 0.321 e. The van der Waals surface area contributed by atoms with Crippen molar-refractivity contribution in [1.82, 2.24) is 4.98 Å². The molecule has 0 aliphatic heterocycles. The molecule has 0 aliphatic rings. The average molecular weight is 282 g/mol. The second-order valence-corrected chi connectivity index (χ2v) is 6.84. The molecule has 88 valence electrons. The van der Waals surface area contributed by atoms with Crippen molar-refractivity contribution in [3.63, 3.8) is 0 Å². The summed E-state index contributed by atoms with van der Waals surface area (Å²) in [5.74, 6) is -0.472. The highest BCUT2D eigenvalue weighted by molar-refractivity contribution is 7.82. The van der Waals surface area contributed by atoms with E-state index < -0.39 is 26.3 Å². The molecular weight excluding hydrogens is 272 g/mol. The zero-order valence-corrected chi connectivity index (χ0v) is 10.6. The molecule has 2 atom stereocenters. The molecule has 0 saturated heterocycles. The Morgan fingerprint density at radius 1 is 1.50 bits per heavy atom. The highest BCUT2D eigenvalue weighted by Crippen LogP contribution is 2.67. The molecule has 2 unspecified atom stereocenters. The molecule has 1 aromatic heterocycles. The first-order chi connectivity index (χ1) is 7.36. The maximum atomic E-state index is 11.4. The van der Waals surface area contributed by atoms with Gasteiger partial charge in [-0.15, -0.1) is 0 Å². The van der Waals surface area contributed by atoms with E-state index in [0.29, 0.717) is 0 Å². The van der Waals surface area contributed by atoms with Crippen molar-refractivity contribution < 1.29 is 23.8 Å². The van der Waals surface area contributed by atoms with Crippen LogP contribution in [-0.4, -0.2) is 25.4 Å². The SMILES string of the molecule is O=[P+](O)C(CS)(c1ccccn1)P(=O)(O)O. The summed E-state index contributed by atoms with van der Waals surface area (Å²) in [6.45, 7) is 0. The van der Waals surface area contributed by atoms with Gasteiger partial charge in [0.1, 0.15) is 5.69 Å². The predicted octanol–water partition coefficient (Wildman–Crippen LogP) is 1.08. The summed E-state index contributed by atoms with van der Waals surface area (Å²) in [6, 6.07) is 4.31. The van der Waals surface area contributed by atoms with E-state index in [4.69, 9.17) is 0 Å². The van der Waals surface area contributed by atoms with Gasteiger partial charge in [0, 0.05) is 6.20 Å². The normalized spacial score (nSPS) is 16.6. The molecule has 16 heavy (non-hydrogen) atoms. The van der Waals surface area contributed by atoms with Crippen molar-refractivity contribution in [2.24, 2.45) is 0 Å². The summed E-state index contributed by atoms with van der Waals surface area (Å²) in [4.78, 5) is 29.1. The minimum absolute atomic E-state index is 0.137. The van der Waals surface area contributed by atoms with Crippen LogP contribution in [0.3, 0.4) is 0 Å². The van der Waals surface area contributed by atoms with Crippen LogP contribution in [-0.2, 0) is 14.0 Å². The summed E-state index contributed by atoms with van der Waals surface area (Å²) in [5, 5.41) is 0. The lowest BCUT2D eigenvalue weighted by atomic mass is 10.3. The number of hydrogen-bond donors (Lipinski definition) is 4. The highest BCUT2D eigenvalue weighted by Gasteiger charge is 2.65. The van der Waals surface area contributed by atoms with Crippen LogP contribution >= 0.6 is 28.3 Å². The Bertz CT molecular complexity index is 436. The number of hydrogen-bond acceptors (Lipinski definition) is 4. The molecule has 6 nitrogen and oxygen atoms in total. The van der Waals surface area contributed by atoms with Crippen LogP contribution in [0, 0.1) is 0 Å². The van der Waals surface area contributed by atoms with Gasteiger partial charge in [-0.25, -0.2) is 0 Å². The van der Waals surface area contributed by atoms with E-state index in [1.165, 1.54) is 24.4 Å². The summed E-state index contributed by atoms with van der Waals surface area (Å²) in [7, 11) is -8.02. The van der Waals surface area contributed by atoms with Crippen LogP contribution in [0.1, 0.15) is 5.69 Å². The Labute approximate surface area is 98.2 Å². The predicted molar refractivity (Wildman–Crippen MR) is 61.6 cm³/mol. The number of thiol groups is 1. The molecule has 0 fully saturated rings. The molecule has 0 aromatic carbocycles. The van der Waals surface area contributed by atoms with E-state index in [2.05, 4.69) is 17.6 Å². The van der Waals surface area contributed by atoms with Crippen molar-refractivity contribution in [3.05, 3.63) is 30.1 Å². The summed E-state index contributed by atoms with van der Waals surface area (Å²) < 4.78 is 22.7. The van der Waals surface area contributed by atoms with Crippen molar-refractivity contribution >= 4 is 28.3 Å². The van der Waals surface area contributed by atoms with E-state index in [9.17, 15) is 23.8 Å². The van der Waals surface area contributed by atoms with Gasteiger partial charge in [-0.2, -0.15) is 17.5 Å². The van der Waals surface area contributed by atoms with Crippen LogP contribution in [0.15, 0.2) is 24.4 Å². The van der Waals surface area contributed by atoms with Crippen molar-refractivity contribution in [2.45, 2.75) is 4.90 Å². The van der Waals surface area contributed by atoms with E-state index in [0.717, 1.165) is 0 Å². The van der Waals surface area contributed by atoms with Crippen LogP contribution in [0.5, 0.6) is 0 Å². The zero-order chi connectivity index (χ0) is 12.4. The fourth-order valence-corrected chi connectivity index (χ4v) is 4.23. The van der Waals surface area contributed by atoms with Gasteiger partial charge >= 0.3 is 20.5 Å². The molecule has 0 radical (unpaired) electrons.